The van der Waals surface area contributed by atoms with Gasteiger partial charge in [-0.2, -0.15) is 0 Å². The van der Waals surface area contributed by atoms with E-state index in [1.165, 1.54) is 31.2 Å². The zero-order valence-electron chi connectivity index (χ0n) is 13.5. The molecule has 4 saturated carbocycles. The Hall–Kier alpha value is -0.820. The lowest BCUT2D eigenvalue weighted by molar-refractivity contribution is -0.0504. The molecule has 1 aromatic carbocycles. The summed E-state index contributed by atoms with van der Waals surface area (Å²) in [5.74, 6) is 5.15. The third-order valence-corrected chi connectivity index (χ3v) is 6.69. The molecule has 0 aliphatic heterocycles. The van der Waals surface area contributed by atoms with Crippen LogP contribution in [0.1, 0.15) is 57.6 Å². The van der Waals surface area contributed by atoms with Gasteiger partial charge in [-0.1, -0.05) is 30.3 Å². The number of hydrogen-bond donors (Lipinski definition) is 1. The topological polar surface area (TPSA) is 12.0 Å². The highest BCUT2D eigenvalue weighted by atomic mass is 15.0. The first kappa shape index (κ1) is 13.8. The van der Waals surface area contributed by atoms with Crippen LogP contribution in [0.2, 0.25) is 0 Å². The number of hydrogen-bond acceptors (Lipinski definition) is 1. The minimum absolute atomic E-state index is 0.471. The largest absolute Gasteiger partial charge is 0.307 e. The molecule has 4 aliphatic rings. The zero-order valence-corrected chi connectivity index (χ0v) is 13.5. The predicted octanol–water partition coefficient (Wildman–Crippen LogP) is 4.80. The average molecular weight is 283 g/mol. The van der Waals surface area contributed by atoms with E-state index in [9.17, 15) is 0 Å². The molecular weight excluding hydrogens is 254 g/mol. The Morgan fingerprint density at radius 2 is 1.43 bits per heavy atom. The second-order valence-corrected chi connectivity index (χ2v) is 8.10. The first-order valence-corrected chi connectivity index (χ1v) is 9.01. The van der Waals surface area contributed by atoms with E-state index in [-0.39, 0.29) is 0 Å². The summed E-state index contributed by atoms with van der Waals surface area (Å²) in [4.78, 5) is 0. The molecule has 5 rings (SSSR count). The molecule has 2 atom stereocenters. The van der Waals surface area contributed by atoms with E-state index in [0.29, 0.717) is 12.1 Å². The minimum Gasteiger partial charge on any atom is -0.307 e. The van der Waals surface area contributed by atoms with Crippen LogP contribution in [0.3, 0.4) is 0 Å². The fraction of sp³-hybridized carbons (Fsp3) is 0.700. The highest BCUT2D eigenvalue weighted by Crippen LogP contribution is 2.57. The molecule has 114 valence electrons. The van der Waals surface area contributed by atoms with Crippen molar-refractivity contribution in [2.75, 3.05) is 0 Å². The molecule has 4 aliphatic carbocycles. The van der Waals surface area contributed by atoms with Crippen molar-refractivity contribution in [3.8, 4) is 0 Å². The van der Waals surface area contributed by atoms with Crippen LogP contribution in [-0.2, 0) is 0 Å². The van der Waals surface area contributed by atoms with Crippen LogP contribution < -0.4 is 5.32 Å². The van der Waals surface area contributed by atoms with Crippen LogP contribution in [0, 0.1) is 29.6 Å². The maximum absolute atomic E-state index is 3.92. The van der Waals surface area contributed by atoms with E-state index in [0.717, 1.165) is 29.6 Å². The summed E-state index contributed by atoms with van der Waals surface area (Å²) in [7, 11) is 0. The first-order valence-electron chi connectivity index (χ1n) is 9.01. The third kappa shape index (κ3) is 2.54. The highest BCUT2D eigenvalue weighted by Gasteiger charge is 2.49. The molecule has 0 amide bonds. The van der Waals surface area contributed by atoms with Crippen LogP contribution in [-0.4, -0.2) is 6.04 Å². The number of benzene rings is 1. The van der Waals surface area contributed by atoms with Gasteiger partial charge < -0.3 is 5.32 Å². The second-order valence-electron chi connectivity index (χ2n) is 8.10. The van der Waals surface area contributed by atoms with Gasteiger partial charge in [0.2, 0.25) is 0 Å². The lowest BCUT2D eigenvalue weighted by Gasteiger charge is -2.56. The van der Waals surface area contributed by atoms with Gasteiger partial charge in [0, 0.05) is 12.1 Å². The summed E-state index contributed by atoms with van der Waals surface area (Å²) >= 11 is 0. The van der Waals surface area contributed by atoms with Gasteiger partial charge in [0.15, 0.2) is 0 Å². The molecule has 4 fully saturated rings. The fourth-order valence-corrected chi connectivity index (χ4v) is 6.13. The van der Waals surface area contributed by atoms with E-state index in [1.54, 1.807) is 6.42 Å². The minimum atomic E-state index is 0.471. The maximum Gasteiger partial charge on any atom is 0.0294 e. The summed E-state index contributed by atoms with van der Waals surface area (Å²) in [5.41, 5.74) is 1.42. The molecule has 4 bridgehead atoms. The lowest BCUT2D eigenvalue weighted by atomic mass is 9.50. The van der Waals surface area contributed by atoms with Crippen molar-refractivity contribution in [3.63, 3.8) is 0 Å². The van der Waals surface area contributed by atoms with Crippen molar-refractivity contribution < 1.29 is 0 Å². The fourth-order valence-electron chi connectivity index (χ4n) is 6.13. The monoisotopic (exact) mass is 283 g/mol. The van der Waals surface area contributed by atoms with E-state index in [4.69, 9.17) is 0 Å². The maximum atomic E-state index is 3.92. The van der Waals surface area contributed by atoms with E-state index < -0.39 is 0 Å². The Balaban J connectivity index is 1.44. The summed E-state index contributed by atoms with van der Waals surface area (Å²) in [5, 5.41) is 3.92. The van der Waals surface area contributed by atoms with Crippen molar-refractivity contribution in [1.29, 1.82) is 0 Å². The van der Waals surface area contributed by atoms with Gasteiger partial charge in [-0.25, -0.2) is 0 Å². The molecule has 1 aromatic rings. The predicted molar refractivity (Wildman–Crippen MR) is 88.0 cm³/mol. The standard InChI is InChI=1S/C20H29N/c1-13(17-6-4-3-5-7-17)21-14(2)20-18-9-15-8-16(11-18)12-19(20)10-15/h3-7,13-16,18-21H,8-12H2,1-2H3. The van der Waals surface area contributed by atoms with Crippen LogP contribution in [0.15, 0.2) is 30.3 Å². The Morgan fingerprint density at radius 3 is 2.00 bits per heavy atom. The second kappa shape index (κ2) is 5.43. The Kier molecular flexibility index (Phi) is 3.57. The molecular formula is C20H29N. The van der Waals surface area contributed by atoms with Gasteiger partial charge in [-0.3, -0.25) is 0 Å². The van der Waals surface area contributed by atoms with Gasteiger partial charge in [-0.15, -0.1) is 0 Å². The first-order chi connectivity index (χ1) is 10.2. The van der Waals surface area contributed by atoms with Crippen LogP contribution in [0.4, 0.5) is 0 Å². The lowest BCUT2D eigenvalue weighted by Crippen LogP contribution is -2.52. The van der Waals surface area contributed by atoms with Gasteiger partial charge >= 0.3 is 0 Å². The molecule has 0 heterocycles. The molecule has 1 nitrogen and oxygen atoms in total. The Labute approximate surface area is 129 Å². The summed E-state index contributed by atoms with van der Waals surface area (Å²) in [6, 6.07) is 12.1. The van der Waals surface area contributed by atoms with Crippen LogP contribution in [0.25, 0.3) is 0 Å². The van der Waals surface area contributed by atoms with Gasteiger partial charge in [-0.05, 0) is 81.1 Å². The van der Waals surface area contributed by atoms with Crippen molar-refractivity contribution in [3.05, 3.63) is 35.9 Å². The van der Waals surface area contributed by atoms with E-state index in [2.05, 4.69) is 49.5 Å². The number of rotatable bonds is 4. The summed E-state index contributed by atoms with van der Waals surface area (Å²) < 4.78 is 0. The van der Waals surface area contributed by atoms with Gasteiger partial charge in [0.05, 0.1) is 0 Å². The molecule has 21 heavy (non-hydrogen) atoms. The zero-order chi connectivity index (χ0) is 14.4. The Morgan fingerprint density at radius 1 is 0.857 bits per heavy atom. The van der Waals surface area contributed by atoms with E-state index >= 15 is 0 Å². The molecule has 1 heteroatoms. The van der Waals surface area contributed by atoms with Crippen molar-refractivity contribution in [2.45, 2.75) is 58.0 Å². The Bertz CT molecular complexity index is 452. The molecule has 1 N–H and O–H groups in total. The van der Waals surface area contributed by atoms with Crippen molar-refractivity contribution in [1.82, 2.24) is 5.32 Å². The summed E-state index contributed by atoms with van der Waals surface area (Å²) in [6.45, 7) is 4.77. The quantitative estimate of drug-likeness (QED) is 0.837. The van der Waals surface area contributed by atoms with Gasteiger partial charge in [0.25, 0.3) is 0 Å². The number of nitrogens with one attached hydrogen (secondary N) is 1. The SMILES string of the molecule is CC(NC(C)C1C2CC3CC(C2)CC1C3)c1ccccc1. The molecule has 0 aromatic heterocycles. The molecule has 0 spiro atoms. The van der Waals surface area contributed by atoms with Crippen LogP contribution in [0.5, 0.6) is 0 Å². The third-order valence-electron chi connectivity index (χ3n) is 6.69. The normalized spacial score (nSPS) is 40.2. The smallest absolute Gasteiger partial charge is 0.0294 e. The van der Waals surface area contributed by atoms with Gasteiger partial charge in [0.1, 0.15) is 0 Å². The highest BCUT2D eigenvalue weighted by molar-refractivity contribution is 5.18. The van der Waals surface area contributed by atoms with Crippen molar-refractivity contribution >= 4 is 0 Å². The average Bonchev–Trinajstić information content (AvgIpc) is 2.47. The van der Waals surface area contributed by atoms with Crippen molar-refractivity contribution in [2.24, 2.45) is 29.6 Å². The molecule has 2 unspecified atom stereocenters. The molecule has 0 radical (unpaired) electrons. The van der Waals surface area contributed by atoms with Crippen LogP contribution >= 0.6 is 0 Å². The molecule has 0 saturated heterocycles. The summed E-state index contributed by atoms with van der Waals surface area (Å²) in [6.07, 6.45) is 7.68. The van der Waals surface area contributed by atoms with E-state index in [1.807, 2.05) is 0 Å².